The largest absolute Gasteiger partial charge is 0.336 e. The van der Waals surface area contributed by atoms with E-state index in [1.165, 1.54) is 0 Å². The van der Waals surface area contributed by atoms with E-state index in [1.807, 2.05) is 4.90 Å². The van der Waals surface area contributed by atoms with Crippen LogP contribution < -0.4 is 16.0 Å². The average molecular weight is 373 g/mol. The molecule has 1 atom stereocenters. The number of hydrogen-bond donors (Lipinski definition) is 2. The number of carbonyl (C=O) groups excluding carboxylic acids is 2. The molecule has 0 aromatic heterocycles. The van der Waals surface area contributed by atoms with Gasteiger partial charge in [0.1, 0.15) is 0 Å². The van der Waals surface area contributed by atoms with Crippen LogP contribution in [0.2, 0.25) is 5.02 Å². The van der Waals surface area contributed by atoms with Crippen molar-refractivity contribution in [2.24, 2.45) is 5.73 Å². The molecule has 0 saturated carbocycles. The van der Waals surface area contributed by atoms with Crippen LogP contribution >= 0.6 is 24.0 Å². The van der Waals surface area contributed by atoms with Crippen LogP contribution in [0.3, 0.4) is 0 Å². The van der Waals surface area contributed by atoms with E-state index in [1.54, 1.807) is 23.1 Å². The molecule has 0 bridgehead atoms. The average Bonchev–Trinajstić information content (AvgIpc) is 3.00. The molecule has 3 N–H and O–H groups in total. The van der Waals surface area contributed by atoms with E-state index in [4.69, 9.17) is 17.3 Å². The Morgan fingerprint density at radius 2 is 2.12 bits per heavy atom. The molecule has 24 heavy (non-hydrogen) atoms. The smallest absolute Gasteiger partial charge is 0.321 e. The van der Waals surface area contributed by atoms with Gasteiger partial charge in [-0.3, -0.25) is 9.69 Å². The summed E-state index contributed by atoms with van der Waals surface area (Å²) in [4.78, 5) is 28.1. The molecule has 2 heterocycles. The van der Waals surface area contributed by atoms with Gasteiger partial charge in [-0.1, -0.05) is 11.6 Å². The standard InChI is InChI=1S/C16H21ClN4O2.ClH/c17-14-5-4-11(21-8-6-19-16(21)23)9-13(14)15(22)20-7-2-1-3-12(20)10-18;/h4-5,9,12H,1-3,6-8,10,18H2,(H,19,23);1H. The van der Waals surface area contributed by atoms with Crippen LogP contribution in [0, 0.1) is 0 Å². The molecule has 1 unspecified atom stereocenters. The minimum Gasteiger partial charge on any atom is -0.336 e. The van der Waals surface area contributed by atoms with Gasteiger partial charge in [0.05, 0.1) is 10.6 Å². The van der Waals surface area contributed by atoms with Crippen molar-refractivity contribution in [3.63, 3.8) is 0 Å². The van der Waals surface area contributed by atoms with Gasteiger partial charge in [-0.05, 0) is 37.5 Å². The van der Waals surface area contributed by atoms with Crippen LogP contribution in [0.1, 0.15) is 29.6 Å². The number of carbonyl (C=O) groups is 2. The van der Waals surface area contributed by atoms with Crippen LogP contribution in [-0.2, 0) is 0 Å². The normalized spacial score (nSPS) is 20.6. The lowest BCUT2D eigenvalue weighted by Crippen LogP contribution is -2.47. The number of hydrogen-bond acceptors (Lipinski definition) is 3. The highest BCUT2D eigenvalue weighted by Crippen LogP contribution is 2.27. The van der Waals surface area contributed by atoms with E-state index in [-0.39, 0.29) is 30.4 Å². The predicted molar refractivity (Wildman–Crippen MR) is 97.2 cm³/mol. The molecule has 2 aliphatic heterocycles. The zero-order valence-electron chi connectivity index (χ0n) is 13.3. The van der Waals surface area contributed by atoms with Crippen molar-refractivity contribution in [1.82, 2.24) is 10.2 Å². The highest BCUT2D eigenvalue weighted by atomic mass is 35.5. The van der Waals surface area contributed by atoms with Gasteiger partial charge < -0.3 is 16.0 Å². The van der Waals surface area contributed by atoms with Crippen molar-refractivity contribution in [3.8, 4) is 0 Å². The first-order valence-corrected chi connectivity index (χ1v) is 8.35. The first kappa shape index (κ1) is 18.8. The third kappa shape index (κ3) is 3.61. The number of nitrogens with zero attached hydrogens (tertiary/aromatic N) is 2. The Morgan fingerprint density at radius 3 is 2.79 bits per heavy atom. The summed E-state index contributed by atoms with van der Waals surface area (Å²) in [5.41, 5.74) is 6.93. The molecule has 0 radical (unpaired) electrons. The van der Waals surface area contributed by atoms with E-state index in [0.29, 0.717) is 42.5 Å². The molecule has 1 aromatic carbocycles. The lowest BCUT2D eigenvalue weighted by atomic mass is 10.0. The zero-order chi connectivity index (χ0) is 16.4. The van der Waals surface area contributed by atoms with E-state index in [2.05, 4.69) is 5.32 Å². The molecule has 2 aliphatic rings. The quantitative estimate of drug-likeness (QED) is 0.853. The number of nitrogens with one attached hydrogen (secondary N) is 1. The van der Waals surface area contributed by atoms with Crippen molar-refractivity contribution in [3.05, 3.63) is 28.8 Å². The van der Waals surface area contributed by atoms with Crippen molar-refractivity contribution in [2.45, 2.75) is 25.3 Å². The maximum absolute atomic E-state index is 12.9. The molecule has 8 heteroatoms. The van der Waals surface area contributed by atoms with E-state index >= 15 is 0 Å². The SMILES string of the molecule is Cl.NCC1CCCCN1C(=O)c1cc(N2CCNC2=O)ccc1Cl. The molecule has 1 aromatic rings. The Hall–Kier alpha value is -1.50. The minimum atomic E-state index is -0.150. The summed E-state index contributed by atoms with van der Waals surface area (Å²) < 4.78 is 0. The number of nitrogens with two attached hydrogens (primary N) is 1. The van der Waals surface area contributed by atoms with Crippen LogP contribution in [0.5, 0.6) is 0 Å². The third-order valence-electron chi connectivity index (χ3n) is 4.51. The van der Waals surface area contributed by atoms with Gasteiger partial charge >= 0.3 is 6.03 Å². The second kappa shape index (κ2) is 8.05. The third-order valence-corrected chi connectivity index (χ3v) is 4.84. The topological polar surface area (TPSA) is 78.7 Å². The number of rotatable bonds is 3. The van der Waals surface area contributed by atoms with E-state index in [0.717, 1.165) is 19.3 Å². The summed E-state index contributed by atoms with van der Waals surface area (Å²) in [6.45, 7) is 2.35. The number of anilines is 1. The Bertz CT molecular complexity index is 626. The Morgan fingerprint density at radius 1 is 1.33 bits per heavy atom. The second-order valence-corrected chi connectivity index (χ2v) is 6.34. The number of likely N-dealkylation sites (tertiary alicyclic amines) is 1. The lowest BCUT2D eigenvalue weighted by Gasteiger charge is -2.35. The molecule has 3 rings (SSSR count). The molecular weight excluding hydrogens is 351 g/mol. The number of halogens is 2. The molecule has 2 saturated heterocycles. The van der Waals surface area contributed by atoms with Crippen LogP contribution in [0.25, 0.3) is 0 Å². The molecule has 6 nitrogen and oxygen atoms in total. The molecule has 0 spiro atoms. The van der Waals surface area contributed by atoms with Gasteiger partial charge in [-0.15, -0.1) is 12.4 Å². The fraction of sp³-hybridized carbons (Fsp3) is 0.500. The summed E-state index contributed by atoms with van der Waals surface area (Å²) in [5, 5.41) is 3.16. The Balaban J connectivity index is 0.00000208. The van der Waals surface area contributed by atoms with E-state index < -0.39 is 0 Å². The van der Waals surface area contributed by atoms with Crippen LogP contribution in [0.4, 0.5) is 10.5 Å². The summed E-state index contributed by atoms with van der Waals surface area (Å²) in [5.74, 6) is -0.105. The lowest BCUT2D eigenvalue weighted by molar-refractivity contribution is 0.0623. The Labute approximate surface area is 152 Å². The predicted octanol–water partition coefficient (Wildman–Crippen LogP) is 2.24. The number of benzene rings is 1. The zero-order valence-corrected chi connectivity index (χ0v) is 14.9. The molecule has 0 aliphatic carbocycles. The summed E-state index contributed by atoms with van der Waals surface area (Å²) in [6, 6.07) is 5.06. The van der Waals surface area contributed by atoms with Crippen LogP contribution in [-0.4, -0.2) is 49.1 Å². The molecule has 132 valence electrons. The van der Waals surface area contributed by atoms with Gasteiger partial charge in [0.2, 0.25) is 0 Å². The van der Waals surface area contributed by atoms with Crippen molar-refractivity contribution >= 4 is 41.6 Å². The maximum Gasteiger partial charge on any atom is 0.321 e. The van der Waals surface area contributed by atoms with Crippen molar-refractivity contribution in [1.29, 1.82) is 0 Å². The first-order valence-electron chi connectivity index (χ1n) is 7.98. The summed E-state index contributed by atoms with van der Waals surface area (Å²) in [6.07, 6.45) is 3.00. The molecular formula is C16H22Cl2N4O2. The van der Waals surface area contributed by atoms with Gasteiger partial charge in [0, 0.05) is 37.9 Å². The van der Waals surface area contributed by atoms with Gasteiger partial charge in [0.25, 0.3) is 5.91 Å². The van der Waals surface area contributed by atoms with Crippen LogP contribution in [0.15, 0.2) is 18.2 Å². The number of amides is 3. The fourth-order valence-electron chi connectivity index (χ4n) is 3.23. The van der Waals surface area contributed by atoms with Gasteiger partial charge in [-0.25, -0.2) is 4.79 Å². The van der Waals surface area contributed by atoms with Gasteiger partial charge in [-0.2, -0.15) is 0 Å². The number of piperidine rings is 1. The monoisotopic (exact) mass is 372 g/mol. The highest BCUT2D eigenvalue weighted by molar-refractivity contribution is 6.34. The molecule has 3 amide bonds. The summed E-state index contributed by atoms with van der Waals surface area (Å²) in [7, 11) is 0. The minimum absolute atomic E-state index is 0. The van der Waals surface area contributed by atoms with E-state index in [9.17, 15) is 9.59 Å². The van der Waals surface area contributed by atoms with Gasteiger partial charge in [0.15, 0.2) is 0 Å². The fourth-order valence-corrected chi connectivity index (χ4v) is 3.43. The van der Waals surface area contributed by atoms with Crippen molar-refractivity contribution in [2.75, 3.05) is 31.1 Å². The first-order chi connectivity index (χ1) is 11.1. The molecule has 2 fully saturated rings. The second-order valence-electron chi connectivity index (χ2n) is 5.93. The highest BCUT2D eigenvalue weighted by Gasteiger charge is 2.29. The maximum atomic E-state index is 12.9. The number of urea groups is 1. The van der Waals surface area contributed by atoms with Crippen molar-refractivity contribution < 1.29 is 9.59 Å². The summed E-state index contributed by atoms with van der Waals surface area (Å²) >= 11 is 6.25. The Kier molecular flexibility index (Phi) is 6.32.